The number of unbranched alkanes of at least 4 members (excludes halogenated alkanes) is 2. The molecular formula is C12H18N2S. The van der Waals surface area contributed by atoms with Gasteiger partial charge in [0, 0.05) is 17.8 Å². The van der Waals surface area contributed by atoms with Crippen LogP contribution in [-0.2, 0) is 6.54 Å². The summed E-state index contributed by atoms with van der Waals surface area (Å²) in [5.41, 5.74) is 1.16. The molecule has 1 heterocycles. The lowest BCUT2D eigenvalue weighted by Gasteiger charge is -2.00. The van der Waals surface area contributed by atoms with E-state index >= 15 is 0 Å². The van der Waals surface area contributed by atoms with Crippen LogP contribution in [-0.4, -0.2) is 11.5 Å². The summed E-state index contributed by atoms with van der Waals surface area (Å²) in [6.45, 7) is 6.08. The summed E-state index contributed by atoms with van der Waals surface area (Å²) in [5.74, 6) is 2.65. The summed E-state index contributed by atoms with van der Waals surface area (Å²) < 4.78 is 0. The van der Waals surface area contributed by atoms with Crippen LogP contribution in [0.5, 0.6) is 0 Å². The number of nitrogens with one attached hydrogen (secondary N) is 1. The minimum Gasteiger partial charge on any atom is -0.310 e. The first-order chi connectivity index (χ1) is 7.24. The minimum atomic E-state index is 0.884. The monoisotopic (exact) mass is 222 g/mol. The van der Waals surface area contributed by atoms with E-state index in [0.29, 0.717) is 0 Å². The lowest BCUT2D eigenvalue weighted by molar-refractivity contribution is 0.627. The molecule has 2 nitrogen and oxygen atoms in total. The summed E-state index contributed by atoms with van der Waals surface area (Å²) in [4.78, 5) is 5.79. The number of aryl methyl sites for hydroxylation is 2. The molecule has 0 unspecified atom stereocenters. The number of rotatable bonds is 6. The van der Waals surface area contributed by atoms with Crippen LogP contribution < -0.4 is 5.32 Å². The summed E-state index contributed by atoms with van der Waals surface area (Å²) in [7, 11) is 0. The maximum absolute atomic E-state index is 5.17. The second-order valence-electron chi connectivity index (χ2n) is 3.59. The molecule has 0 fully saturated rings. The molecule has 0 aliphatic carbocycles. The van der Waals surface area contributed by atoms with Gasteiger partial charge in [0.25, 0.3) is 0 Å². The molecule has 0 atom stereocenters. The molecule has 0 aromatic carbocycles. The second-order valence-corrected chi connectivity index (χ2v) is 4.87. The van der Waals surface area contributed by atoms with Crippen LogP contribution in [0, 0.1) is 26.2 Å². The highest BCUT2D eigenvalue weighted by Crippen LogP contribution is 2.15. The first-order valence-electron chi connectivity index (χ1n) is 5.31. The van der Waals surface area contributed by atoms with Gasteiger partial charge in [-0.25, -0.2) is 4.98 Å². The van der Waals surface area contributed by atoms with Gasteiger partial charge in [0.2, 0.25) is 0 Å². The highest BCUT2D eigenvalue weighted by molar-refractivity contribution is 7.11. The Morgan fingerprint density at radius 3 is 2.80 bits per heavy atom. The van der Waals surface area contributed by atoms with Crippen LogP contribution in [0.25, 0.3) is 0 Å². The van der Waals surface area contributed by atoms with E-state index in [9.17, 15) is 0 Å². The maximum atomic E-state index is 5.17. The molecular weight excluding hydrogens is 204 g/mol. The first kappa shape index (κ1) is 12.2. The van der Waals surface area contributed by atoms with Crippen molar-refractivity contribution in [3.8, 4) is 12.3 Å². The third-order valence-corrected chi connectivity index (χ3v) is 3.35. The molecule has 0 bridgehead atoms. The molecule has 1 aromatic rings. The molecule has 1 aromatic heterocycles. The van der Waals surface area contributed by atoms with Crippen molar-refractivity contribution >= 4 is 11.3 Å². The van der Waals surface area contributed by atoms with Crippen LogP contribution in [0.1, 0.15) is 34.8 Å². The van der Waals surface area contributed by atoms with Crippen molar-refractivity contribution < 1.29 is 0 Å². The predicted molar refractivity (Wildman–Crippen MR) is 66.0 cm³/mol. The van der Waals surface area contributed by atoms with Gasteiger partial charge in [0.1, 0.15) is 5.01 Å². The number of terminal acetylenes is 1. The zero-order valence-electron chi connectivity index (χ0n) is 9.47. The van der Waals surface area contributed by atoms with E-state index in [1.165, 1.54) is 9.88 Å². The van der Waals surface area contributed by atoms with Crippen molar-refractivity contribution in [2.75, 3.05) is 6.54 Å². The topological polar surface area (TPSA) is 24.9 Å². The maximum Gasteiger partial charge on any atom is 0.107 e. The first-order valence-corrected chi connectivity index (χ1v) is 6.12. The zero-order valence-corrected chi connectivity index (χ0v) is 10.3. The lowest BCUT2D eigenvalue weighted by atomic mass is 10.2. The third kappa shape index (κ3) is 4.46. The Kier molecular flexibility index (Phi) is 5.38. The number of hydrogen-bond acceptors (Lipinski definition) is 3. The van der Waals surface area contributed by atoms with Gasteiger partial charge in [0.05, 0.1) is 5.69 Å². The second kappa shape index (κ2) is 6.60. The number of aromatic nitrogens is 1. The Morgan fingerprint density at radius 2 is 2.20 bits per heavy atom. The Balaban J connectivity index is 2.13. The normalized spacial score (nSPS) is 10.2. The number of thiazole rings is 1. The van der Waals surface area contributed by atoms with Gasteiger partial charge in [-0.3, -0.25) is 0 Å². The number of hydrogen-bond donors (Lipinski definition) is 1. The van der Waals surface area contributed by atoms with Gasteiger partial charge in [-0.05, 0) is 33.2 Å². The molecule has 0 spiro atoms. The molecule has 0 saturated carbocycles. The van der Waals surface area contributed by atoms with E-state index in [-0.39, 0.29) is 0 Å². The van der Waals surface area contributed by atoms with Crippen molar-refractivity contribution in [2.24, 2.45) is 0 Å². The van der Waals surface area contributed by atoms with Gasteiger partial charge in [-0.1, -0.05) is 0 Å². The molecule has 82 valence electrons. The Labute approximate surface area is 96.1 Å². The van der Waals surface area contributed by atoms with Crippen molar-refractivity contribution in [2.45, 2.75) is 39.7 Å². The summed E-state index contributed by atoms with van der Waals surface area (Å²) in [6.07, 6.45) is 8.32. The zero-order chi connectivity index (χ0) is 11.1. The SMILES string of the molecule is C#CCCCCNCc1nc(C)c(C)s1. The largest absolute Gasteiger partial charge is 0.310 e. The highest BCUT2D eigenvalue weighted by atomic mass is 32.1. The van der Waals surface area contributed by atoms with E-state index in [1.54, 1.807) is 11.3 Å². The molecule has 15 heavy (non-hydrogen) atoms. The van der Waals surface area contributed by atoms with Gasteiger partial charge in [-0.15, -0.1) is 23.7 Å². The molecule has 1 N–H and O–H groups in total. The molecule has 3 heteroatoms. The molecule has 0 aliphatic rings. The standard InChI is InChI=1S/C12H18N2S/c1-4-5-6-7-8-13-9-12-14-10(2)11(3)15-12/h1,13H,5-9H2,2-3H3. The third-order valence-electron chi connectivity index (χ3n) is 2.27. The van der Waals surface area contributed by atoms with E-state index in [2.05, 4.69) is 30.1 Å². The van der Waals surface area contributed by atoms with Crippen LogP contribution in [0.2, 0.25) is 0 Å². The van der Waals surface area contributed by atoms with Crippen molar-refractivity contribution in [3.05, 3.63) is 15.6 Å². The van der Waals surface area contributed by atoms with Gasteiger partial charge in [-0.2, -0.15) is 0 Å². The highest BCUT2D eigenvalue weighted by Gasteiger charge is 2.01. The fourth-order valence-corrected chi connectivity index (χ4v) is 2.19. The molecule has 0 saturated heterocycles. The van der Waals surface area contributed by atoms with Gasteiger partial charge < -0.3 is 5.32 Å². The van der Waals surface area contributed by atoms with Crippen molar-refractivity contribution in [3.63, 3.8) is 0 Å². The summed E-state index contributed by atoms with van der Waals surface area (Å²) in [6, 6.07) is 0. The number of nitrogens with zero attached hydrogens (tertiary/aromatic N) is 1. The average molecular weight is 222 g/mol. The lowest BCUT2D eigenvalue weighted by Crippen LogP contribution is -2.14. The van der Waals surface area contributed by atoms with E-state index in [0.717, 1.165) is 38.0 Å². The Hall–Kier alpha value is -0.850. The van der Waals surface area contributed by atoms with Crippen LogP contribution >= 0.6 is 11.3 Å². The van der Waals surface area contributed by atoms with E-state index in [1.807, 2.05) is 0 Å². The fourth-order valence-electron chi connectivity index (χ4n) is 1.29. The van der Waals surface area contributed by atoms with Crippen LogP contribution in [0.15, 0.2) is 0 Å². The van der Waals surface area contributed by atoms with E-state index in [4.69, 9.17) is 6.42 Å². The Morgan fingerprint density at radius 1 is 1.40 bits per heavy atom. The van der Waals surface area contributed by atoms with Crippen molar-refractivity contribution in [1.29, 1.82) is 0 Å². The van der Waals surface area contributed by atoms with E-state index < -0.39 is 0 Å². The Bertz CT molecular complexity index is 316. The van der Waals surface area contributed by atoms with Crippen molar-refractivity contribution in [1.82, 2.24) is 10.3 Å². The smallest absolute Gasteiger partial charge is 0.107 e. The van der Waals surface area contributed by atoms with Crippen LogP contribution in [0.3, 0.4) is 0 Å². The fraction of sp³-hybridized carbons (Fsp3) is 0.583. The predicted octanol–water partition coefficient (Wildman–Crippen LogP) is 2.65. The summed E-state index contributed by atoms with van der Waals surface area (Å²) >= 11 is 1.78. The minimum absolute atomic E-state index is 0.884. The van der Waals surface area contributed by atoms with Gasteiger partial charge in [0.15, 0.2) is 0 Å². The molecule has 1 rings (SSSR count). The molecule has 0 radical (unpaired) electrons. The molecule has 0 aliphatic heterocycles. The summed E-state index contributed by atoms with van der Waals surface area (Å²) in [5, 5.41) is 4.56. The quantitative estimate of drug-likeness (QED) is 0.591. The average Bonchev–Trinajstić information content (AvgIpc) is 2.52. The van der Waals surface area contributed by atoms with Gasteiger partial charge >= 0.3 is 0 Å². The van der Waals surface area contributed by atoms with Crippen LogP contribution in [0.4, 0.5) is 0 Å². The molecule has 0 amide bonds.